The number of nitrogens with zero attached hydrogens (tertiary/aromatic N) is 2. The molecule has 2 aromatic carbocycles. The average molecular weight is 315 g/mol. The number of aromatic nitrogens is 2. The van der Waals surface area contributed by atoms with E-state index in [0.717, 1.165) is 28.2 Å². The van der Waals surface area contributed by atoms with Gasteiger partial charge in [-0.05, 0) is 27.7 Å². The molecular formula is C21H21N3. The smallest absolute Gasteiger partial charge is 0.102 e. The molecule has 0 unspecified atom stereocenters. The van der Waals surface area contributed by atoms with E-state index in [1.165, 1.54) is 16.7 Å². The summed E-state index contributed by atoms with van der Waals surface area (Å²) in [6, 6.07) is 16.9. The van der Waals surface area contributed by atoms with Crippen molar-refractivity contribution in [2.75, 3.05) is 0 Å². The SMILES string of the molecule is Cc1ccc(-c2n[nH]c3c2C(=NC(C)(C)C)c2ccccc2-3)cc1. The van der Waals surface area contributed by atoms with Crippen molar-refractivity contribution >= 4 is 5.71 Å². The van der Waals surface area contributed by atoms with Crippen molar-refractivity contribution in [2.24, 2.45) is 4.99 Å². The summed E-state index contributed by atoms with van der Waals surface area (Å²) in [4.78, 5) is 5.02. The quantitative estimate of drug-likeness (QED) is 0.527. The summed E-state index contributed by atoms with van der Waals surface area (Å²) < 4.78 is 0. The van der Waals surface area contributed by atoms with Crippen LogP contribution < -0.4 is 0 Å². The number of H-pyrrole nitrogens is 1. The highest BCUT2D eigenvalue weighted by atomic mass is 15.1. The van der Waals surface area contributed by atoms with E-state index in [4.69, 9.17) is 4.99 Å². The molecule has 3 nitrogen and oxygen atoms in total. The van der Waals surface area contributed by atoms with E-state index in [2.05, 4.69) is 86.4 Å². The van der Waals surface area contributed by atoms with Crippen LogP contribution in [0.4, 0.5) is 0 Å². The van der Waals surface area contributed by atoms with Gasteiger partial charge in [0.25, 0.3) is 0 Å². The molecule has 24 heavy (non-hydrogen) atoms. The number of benzene rings is 2. The minimum Gasteiger partial charge on any atom is -0.278 e. The molecule has 0 saturated heterocycles. The average Bonchev–Trinajstić information content (AvgIpc) is 3.08. The molecule has 0 spiro atoms. The first-order chi connectivity index (χ1) is 11.4. The standard InChI is InChI=1S/C21H21N3/c1-13-9-11-14(12-10-13)18-17-19(22-21(2,3)4)15-7-5-6-8-16(15)20(17)24-23-18/h5-12H,1-4H3,(H,23,24). The second-order valence-corrected chi connectivity index (χ2v) is 7.37. The monoisotopic (exact) mass is 315 g/mol. The van der Waals surface area contributed by atoms with Crippen molar-refractivity contribution < 1.29 is 0 Å². The van der Waals surface area contributed by atoms with Crippen LogP contribution in [0.25, 0.3) is 22.5 Å². The van der Waals surface area contributed by atoms with E-state index in [1.54, 1.807) is 0 Å². The second-order valence-electron chi connectivity index (χ2n) is 7.37. The minimum absolute atomic E-state index is 0.147. The summed E-state index contributed by atoms with van der Waals surface area (Å²) in [6.07, 6.45) is 0. The second kappa shape index (κ2) is 5.17. The molecule has 0 fully saturated rings. The summed E-state index contributed by atoms with van der Waals surface area (Å²) in [7, 11) is 0. The van der Waals surface area contributed by atoms with Crippen LogP contribution in [0.2, 0.25) is 0 Å². The number of nitrogens with one attached hydrogen (secondary N) is 1. The van der Waals surface area contributed by atoms with Gasteiger partial charge in [0.15, 0.2) is 0 Å². The number of hydrogen-bond donors (Lipinski definition) is 1. The van der Waals surface area contributed by atoms with Crippen LogP contribution in [0, 0.1) is 6.92 Å². The lowest BCUT2D eigenvalue weighted by Crippen LogP contribution is -2.14. The maximum absolute atomic E-state index is 5.02. The summed E-state index contributed by atoms with van der Waals surface area (Å²) in [5.41, 5.74) is 8.79. The van der Waals surface area contributed by atoms with Crippen LogP contribution in [-0.2, 0) is 0 Å². The summed E-state index contributed by atoms with van der Waals surface area (Å²) in [6.45, 7) is 8.49. The number of rotatable bonds is 1. The molecule has 4 rings (SSSR count). The molecule has 0 saturated carbocycles. The van der Waals surface area contributed by atoms with E-state index >= 15 is 0 Å². The largest absolute Gasteiger partial charge is 0.278 e. The van der Waals surface area contributed by atoms with Crippen LogP contribution in [0.15, 0.2) is 53.5 Å². The Morgan fingerprint density at radius 2 is 1.58 bits per heavy atom. The van der Waals surface area contributed by atoms with Gasteiger partial charge in [0, 0.05) is 16.7 Å². The van der Waals surface area contributed by atoms with E-state index < -0.39 is 0 Å². The van der Waals surface area contributed by atoms with E-state index in [-0.39, 0.29) is 5.54 Å². The minimum atomic E-state index is -0.147. The van der Waals surface area contributed by atoms with E-state index in [0.29, 0.717) is 0 Å². The van der Waals surface area contributed by atoms with Gasteiger partial charge in [-0.25, -0.2) is 0 Å². The lowest BCUT2D eigenvalue weighted by Gasteiger charge is -2.15. The number of aliphatic imine (C=N–C) groups is 1. The Bertz CT molecular complexity index is 938. The molecule has 1 heterocycles. The molecule has 0 aliphatic heterocycles. The normalized spacial score (nSPS) is 14.8. The van der Waals surface area contributed by atoms with Gasteiger partial charge in [-0.2, -0.15) is 5.10 Å². The zero-order valence-corrected chi connectivity index (χ0v) is 14.5. The Balaban J connectivity index is 1.98. The predicted octanol–water partition coefficient (Wildman–Crippen LogP) is 5.00. The van der Waals surface area contributed by atoms with Crippen molar-refractivity contribution in [3.8, 4) is 22.5 Å². The highest BCUT2D eigenvalue weighted by Gasteiger charge is 2.31. The third-order valence-electron chi connectivity index (χ3n) is 4.23. The van der Waals surface area contributed by atoms with Crippen LogP contribution in [0.1, 0.15) is 37.5 Å². The Morgan fingerprint density at radius 1 is 0.917 bits per heavy atom. The fourth-order valence-electron chi connectivity index (χ4n) is 3.18. The third-order valence-corrected chi connectivity index (χ3v) is 4.23. The van der Waals surface area contributed by atoms with Crippen molar-refractivity contribution in [3.05, 3.63) is 65.2 Å². The fraction of sp³-hybridized carbons (Fsp3) is 0.238. The molecule has 0 amide bonds. The van der Waals surface area contributed by atoms with Crippen molar-refractivity contribution in [3.63, 3.8) is 0 Å². The summed E-state index contributed by atoms with van der Waals surface area (Å²) in [5.74, 6) is 0. The van der Waals surface area contributed by atoms with Crippen molar-refractivity contribution in [1.82, 2.24) is 10.2 Å². The lowest BCUT2D eigenvalue weighted by atomic mass is 10.0. The molecule has 1 aliphatic carbocycles. The molecule has 1 aromatic heterocycles. The van der Waals surface area contributed by atoms with Crippen LogP contribution in [-0.4, -0.2) is 21.4 Å². The molecular weight excluding hydrogens is 294 g/mol. The van der Waals surface area contributed by atoms with Gasteiger partial charge in [0.2, 0.25) is 0 Å². The fourth-order valence-corrected chi connectivity index (χ4v) is 3.18. The first-order valence-corrected chi connectivity index (χ1v) is 8.29. The van der Waals surface area contributed by atoms with Crippen LogP contribution in [0.3, 0.4) is 0 Å². The highest BCUT2D eigenvalue weighted by molar-refractivity contribution is 6.26. The number of aromatic amines is 1. The molecule has 0 atom stereocenters. The van der Waals surface area contributed by atoms with Crippen molar-refractivity contribution in [1.29, 1.82) is 0 Å². The van der Waals surface area contributed by atoms with Gasteiger partial charge in [-0.1, -0.05) is 54.1 Å². The first-order valence-electron chi connectivity index (χ1n) is 8.29. The third kappa shape index (κ3) is 2.37. The summed E-state index contributed by atoms with van der Waals surface area (Å²) >= 11 is 0. The Labute approximate surface area is 142 Å². The van der Waals surface area contributed by atoms with Crippen LogP contribution >= 0.6 is 0 Å². The predicted molar refractivity (Wildman–Crippen MR) is 99.6 cm³/mol. The van der Waals surface area contributed by atoms with Gasteiger partial charge >= 0.3 is 0 Å². The molecule has 1 aliphatic rings. The van der Waals surface area contributed by atoms with Gasteiger partial charge in [0.1, 0.15) is 5.69 Å². The van der Waals surface area contributed by atoms with Gasteiger partial charge < -0.3 is 0 Å². The zero-order valence-electron chi connectivity index (χ0n) is 14.5. The van der Waals surface area contributed by atoms with Crippen LogP contribution in [0.5, 0.6) is 0 Å². The molecule has 1 N–H and O–H groups in total. The molecule has 0 bridgehead atoms. The highest BCUT2D eigenvalue weighted by Crippen LogP contribution is 2.41. The van der Waals surface area contributed by atoms with Gasteiger partial charge in [-0.15, -0.1) is 0 Å². The first kappa shape index (κ1) is 14.9. The molecule has 120 valence electrons. The topological polar surface area (TPSA) is 41.0 Å². The Hall–Kier alpha value is -2.68. The maximum atomic E-state index is 5.02. The molecule has 0 radical (unpaired) electrons. The van der Waals surface area contributed by atoms with Gasteiger partial charge in [0.05, 0.1) is 22.5 Å². The molecule has 3 aromatic rings. The lowest BCUT2D eigenvalue weighted by molar-refractivity contribution is 0.584. The number of fused-ring (bicyclic) bond motifs is 3. The Kier molecular flexibility index (Phi) is 3.20. The van der Waals surface area contributed by atoms with E-state index in [9.17, 15) is 0 Å². The zero-order chi connectivity index (χ0) is 16.9. The molecule has 3 heteroatoms. The van der Waals surface area contributed by atoms with Crippen molar-refractivity contribution in [2.45, 2.75) is 33.2 Å². The number of aryl methyl sites for hydroxylation is 1. The Morgan fingerprint density at radius 3 is 2.25 bits per heavy atom. The number of hydrogen-bond acceptors (Lipinski definition) is 2. The van der Waals surface area contributed by atoms with E-state index in [1.807, 2.05) is 0 Å². The maximum Gasteiger partial charge on any atom is 0.102 e. The van der Waals surface area contributed by atoms with Gasteiger partial charge in [-0.3, -0.25) is 10.1 Å². The summed E-state index contributed by atoms with van der Waals surface area (Å²) in [5, 5.41) is 7.85.